The Morgan fingerprint density at radius 2 is 2.04 bits per heavy atom. The number of benzene rings is 1. The summed E-state index contributed by atoms with van der Waals surface area (Å²) in [6.07, 6.45) is 4.22. The molecule has 1 saturated carbocycles. The molecule has 2 amide bonds. The highest BCUT2D eigenvalue weighted by Crippen LogP contribution is 2.44. The van der Waals surface area contributed by atoms with Gasteiger partial charge in [-0.3, -0.25) is 0 Å². The molecule has 0 spiro atoms. The number of carbonyl (C=O) groups excluding carboxylic acids is 1. The van der Waals surface area contributed by atoms with Gasteiger partial charge in [0.25, 0.3) is 0 Å². The number of ether oxygens (including phenoxy) is 2. The zero-order valence-electron chi connectivity index (χ0n) is 15.5. The minimum absolute atomic E-state index is 0.315. The Labute approximate surface area is 158 Å². The molecule has 1 aliphatic carbocycles. The van der Waals surface area contributed by atoms with Crippen LogP contribution < -0.4 is 15.4 Å². The summed E-state index contributed by atoms with van der Waals surface area (Å²) in [7, 11) is 0. The molecule has 1 aliphatic heterocycles. The van der Waals surface area contributed by atoms with Crippen molar-refractivity contribution in [2.75, 3.05) is 30.5 Å². The van der Waals surface area contributed by atoms with Gasteiger partial charge in [0, 0.05) is 30.9 Å². The van der Waals surface area contributed by atoms with Crippen LogP contribution in [0.5, 0.6) is 5.75 Å². The fraction of sp³-hybridized carbons (Fsp3) is 0.500. The summed E-state index contributed by atoms with van der Waals surface area (Å²) in [6, 6.07) is 7.13. The van der Waals surface area contributed by atoms with E-state index in [1.807, 2.05) is 31.2 Å². The van der Waals surface area contributed by atoms with E-state index in [1.165, 1.54) is 0 Å². The molecule has 0 bridgehead atoms. The van der Waals surface area contributed by atoms with Gasteiger partial charge in [0.15, 0.2) is 5.76 Å². The third-order valence-electron chi connectivity index (χ3n) is 4.99. The lowest BCUT2D eigenvalue weighted by Crippen LogP contribution is -2.22. The summed E-state index contributed by atoms with van der Waals surface area (Å²) in [6.45, 7) is 4.11. The van der Waals surface area contributed by atoms with E-state index in [1.54, 1.807) is 0 Å². The second kappa shape index (κ2) is 8.00. The fourth-order valence-electron chi connectivity index (χ4n) is 3.23. The molecule has 1 saturated heterocycles. The van der Waals surface area contributed by atoms with E-state index in [9.17, 15) is 4.79 Å². The van der Waals surface area contributed by atoms with E-state index in [2.05, 4.69) is 15.8 Å². The van der Waals surface area contributed by atoms with Gasteiger partial charge in [0.2, 0.25) is 0 Å². The minimum Gasteiger partial charge on any atom is -0.493 e. The van der Waals surface area contributed by atoms with Gasteiger partial charge in [-0.1, -0.05) is 11.2 Å². The van der Waals surface area contributed by atoms with Crippen LogP contribution >= 0.6 is 0 Å². The van der Waals surface area contributed by atoms with Gasteiger partial charge in [0.1, 0.15) is 17.1 Å². The molecule has 0 atom stereocenters. The van der Waals surface area contributed by atoms with Gasteiger partial charge < -0.3 is 24.6 Å². The van der Waals surface area contributed by atoms with E-state index in [0.717, 1.165) is 50.4 Å². The number of anilines is 2. The number of nitrogens with zero attached hydrogens (tertiary/aromatic N) is 1. The normalized spacial score (nSPS) is 17.5. The first-order chi connectivity index (χ1) is 13.2. The van der Waals surface area contributed by atoms with Gasteiger partial charge in [-0.2, -0.15) is 0 Å². The van der Waals surface area contributed by atoms with Crippen LogP contribution in [0.15, 0.2) is 28.8 Å². The van der Waals surface area contributed by atoms with Crippen molar-refractivity contribution in [3.8, 4) is 5.75 Å². The summed E-state index contributed by atoms with van der Waals surface area (Å²) >= 11 is 0. The number of carbonyl (C=O) groups is 1. The molecular formula is C20H25N3O4. The van der Waals surface area contributed by atoms with Crippen molar-refractivity contribution in [1.82, 2.24) is 5.16 Å². The van der Waals surface area contributed by atoms with Crippen LogP contribution in [0.1, 0.15) is 43.1 Å². The van der Waals surface area contributed by atoms with Gasteiger partial charge in [0.05, 0.1) is 6.61 Å². The summed E-state index contributed by atoms with van der Waals surface area (Å²) in [4.78, 5) is 12.4. The number of aromatic nitrogens is 1. The van der Waals surface area contributed by atoms with Crippen LogP contribution in [0.3, 0.4) is 0 Å². The lowest BCUT2D eigenvalue weighted by Gasteiger charge is -2.22. The van der Waals surface area contributed by atoms with E-state index >= 15 is 0 Å². The number of nitrogens with one attached hydrogen (secondary N) is 2. The number of amides is 2. The Kier molecular flexibility index (Phi) is 5.29. The third kappa shape index (κ3) is 4.60. The van der Waals surface area contributed by atoms with E-state index < -0.39 is 0 Å². The van der Waals surface area contributed by atoms with Crippen molar-refractivity contribution < 1.29 is 18.8 Å². The monoisotopic (exact) mass is 371 g/mol. The first kappa shape index (κ1) is 17.9. The Morgan fingerprint density at radius 1 is 1.22 bits per heavy atom. The maximum absolute atomic E-state index is 12.4. The molecule has 7 heteroatoms. The molecule has 7 nitrogen and oxygen atoms in total. The molecule has 0 radical (unpaired) electrons. The topological polar surface area (TPSA) is 85.6 Å². The number of rotatable bonds is 6. The lowest BCUT2D eigenvalue weighted by atomic mass is 10.0. The van der Waals surface area contributed by atoms with E-state index in [0.29, 0.717) is 35.5 Å². The first-order valence-corrected chi connectivity index (χ1v) is 9.54. The van der Waals surface area contributed by atoms with Crippen LogP contribution in [0, 0.1) is 12.8 Å². The zero-order valence-corrected chi connectivity index (χ0v) is 15.5. The molecule has 27 heavy (non-hydrogen) atoms. The predicted molar refractivity (Wildman–Crippen MR) is 101 cm³/mol. The van der Waals surface area contributed by atoms with Crippen LogP contribution in [-0.2, 0) is 4.74 Å². The van der Waals surface area contributed by atoms with Gasteiger partial charge in [-0.05, 0) is 50.7 Å². The van der Waals surface area contributed by atoms with Gasteiger partial charge in [-0.25, -0.2) is 4.79 Å². The number of aryl methyl sites for hydroxylation is 1. The van der Waals surface area contributed by atoms with Crippen molar-refractivity contribution in [1.29, 1.82) is 0 Å². The average molecular weight is 371 g/mol. The molecular weight excluding hydrogens is 346 g/mol. The summed E-state index contributed by atoms with van der Waals surface area (Å²) in [5.41, 5.74) is 2.06. The SMILES string of the molecule is Cc1noc(C2CC2)c1NC(=O)Nc1cccc(OCC2CCOCC2)c1. The van der Waals surface area contributed by atoms with Crippen LogP contribution in [0.2, 0.25) is 0 Å². The summed E-state index contributed by atoms with van der Waals surface area (Å²) in [5, 5.41) is 9.70. The first-order valence-electron chi connectivity index (χ1n) is 9.54. The number of urea groups is 1. The molecule has 2 aromatic rings. The third-order valence-corrected chi connectivity index (χ3v) is 4.99. The fourth-order valence-corrected chi connectivity index (χ4v) is 3.23. The lowest BCUT2D eigenvalue weighted by molar-refractivity contribution is 0.0497. The Balaban J connectivity index is 1.33. The molecule has 4 rings (SSSR count). The molecule has 2 N–H and O–H groups in total. The standard InChI is InChI=1S/C20H25N3O4/c1-13-18(19(27-23-13)15-5-6-15)22-20(24)21-16-3-2-4-17(11-16)26-12-14-7-9-25-10-8-14/h2-4,11,14-15H,5-10,12H2,1H3,(H2,21,22,24). The largest absolute Gasteiger partial charge is 0.493 e. The quantitative estimate of drug-likeness (QED) is 0.790. The van der Waals surface area contributed by atoms with Crippen molar-refractivity contribution in [2.24, 2.45) is 5.92 Å². The Hall–Kier alpha value is -2.54. The van der Waals surface area contributed by atoms with Crippen LogP contribution in [0.4, 0.5) is 16.2 Å². The number of hydrogen-bond acceptors (Lipinski definition) is 5. The second-order valence-electron chi connectivity index (χ2n) is 7.26. The molecule has 0 unspecified atom stereocenters. The van der Waals surface area contributed by atoms with Crippen molar-refractivity contribution in [2.45, 2.75) is 38.5 Å². The smallest absolute Gasteiger partial charge is 0.323 e. The van der Waals surface area contributed by atoms with Gasteiger partial charge >= 0.3 is 6.03 Å². The highest BCUT2D eigenvalue weighted by molar-refractivity contribution is 6.00. The molecule has 1 aromatic heterocycles. The molecule has 2 fully saturated rings. The van der Waals surface area contributed by atoms with Crippen LogP contribution in [-0.4, -0.2) is 31.0 Å². The molecule has 2 aliphatic rings. The van der Waals surface area contributed by atoms with Crippen molar-refractivity contribution in [3.05, 3.63) is 35.7 Å². The Bertz CT molecular complexity index is 794. The number of hydrogen-bond donors (Lipinski definition) is 2. The average Bonchev–Trinajstić information content (AvgIpc) is 3.46. The maximum Gasteiger partial charge on any atom is 0.323 e. The highest BCUT2D eigenvalue weighted by Gasteiger charge is 2.32. The second-order valence-corrected chi connectivity index (χ2v) is 7.26. The summed E-state index contributed by atoms with van der Waals surface area (Å²) < 4.78 is 16.6. The Morgan fingerprint density at radius 3 is 2.81 bits per heavy atom. The minimum atomic E-state index is -0.315. The van der Waals surface area contributed by atoms with Gasteiger partial charge in [-0.15, -0.1) is 0 Å². The van der Waals surface area contributed by atoms with E-state index in [-0.39, 0.29) is 6.03 Å². The molecule has 1 aromatic carbocycles. The van der Waals surface area contributed by atoms with E-state index in [4.69, 9.17) is 14.0 Å². The van der Waals surface area contributed by atoms with Crippen molar-refractivity contribution in [3.63, 3.8) is 0 Å². The molecule has 144 valence electrons. The predicted octanol–water partition coefficient (Wildman–Crippen LogP) is 4.31. The maximum atomic E-state index is 12.4. The zero-order chi connectivity index (χ0) is 18.6. The van der Waals surface area contributed by atoms with Crippen LogP contribution in [0.25, 0.3) is 0 Å². The van der Waals surface area contributed by atoms with Crippen molar-refractivity contribution >= 4 is 17.4 Å². The summed E-state index contributed by atoms with van der Waals surface area (Å²) in [5.74, 6) is 2.43. The highest BCUT2D eigenvalue weighted by atomic mass is 16.5. The molecule has 2 heterocycles.